The van der Waals surface area contributed by atoms with Crippen molar-refractivity contribution < 1.29 is 18.4 Å². The van der Waals surface area contributed by atoms with E-state index in [1.54, 1.807) is 4.90 Å². The number of nitrogens with one attached hydrogen (secondary N) is 1. The van der Waals surface area contributed by atoms with E-state index < -0.39 is 17.0 Å². The van der Waals surface area contributed by atoms with Crippen LogP contribution in [-0.4, -0.2) is 40.3 Å². The third-order valence-electron chi connectivity index (χ3n) is 6.84. The highest BCUT2D eigenvalue weighted by Gasteiger charge is 2.39. The standard InChI is InChI=1S/C26H24F2N4O2/c1-26(11-4-12-32(2)25(26)34)16-9-7-15(8-10-16)13-19-22-20(14-29-24(22)33)31-23(30-19)21-17(27)5-3-6-18(21)28/h3,5-10H,4,11-14H2,1-2H3,(H,29,33)/t26-/m0/s1. The summed E-state index contributed by atoms with van der Waals surface area (Å²) < 4.78 is 28.8. The summed E-state index contributed by atoms with van der Waals surface area (Å²) in [7, 11) is 1.82. The van der Waals surface area contributed by atoms with Gasteiger partial charge in [-0.1, -0.05) is 30.3 Å². The minimum absolute atomic E-state index is 0.0826. The van der Waals surface area contributed by atoms with Crippen LogP contribution in [0, 0.1) is 11.6 Å². The third kappa shape index (κ3) is 3.63. The van der Waals surface area contributed by atoms with Gasteiger partial charge in [-0.15, -0.1) is 0 Å². The average Bonchev–Trinajstić information content (AvgIpc) is 3.19. The van der Waals surface area contributed by atoms with E-state index in [1.807, 2.05) is 38.2 Å². The molecule has 5 rings (SSSR count). The van der Waals surface area contributed by atoms with Crippen molar-refractivity contribution in [2.45, 2.75) is 38.1 Å². The fourth-order valence-corrected chi connectivity index (χ4v) is 4.90. The first-order chi connectivity index (χ1) is 16.3. The lowest BCUT2D eigenvalue weighted by Gasteiger charge is -2.38. The highest BCUT2D eigenvalue weighted by Crippen LogP contribution is 2.35. The molecule has 3 heterocycles. The molecule has 6 nitrogen and oxygen atoms in total. The third-order valence-corrected chi connectivity index (χ3v) is 6.84. The zero-order valence-electron chi connectivity index (χ0n) is 19.0. The Morgan fingerprint density at radius 1 is 1.03 bits per heavy atom. The number of fused-ring (bicyclic) bond motifs is 1. The van der Waals surface area contributed by atoms with Gasteiger partial charge < -0.3 is 10.2 Å². The first kappa shape index (κ1) is 22.1. The Balaban J connectivity index is 1.51. The first-order valence-electron chi connectivity index (χ1n) is 11.3. The molecule has 3 aromatic rings. The lowest BCUT2D eigenvalue weighted by Crippen LogP contribution is -2.47. The second kappa shape index (κ2) is 8.27. The lowest BCUT2D eigenvalue weighted by atomic mass is 9.75. The van der Waals surface area contributed by atoms with Crippen LogP contribution in [0.25, 0.3) is 11.4 Å². The molecule has 0 unspecified atom stereocenters. The summed E-state index contributed by atoms with van der Waals surface area (Å²) in [6.45, 7) is 2.91. The fourth-order valence-electron chi connectivity index (χ4n) is 4.90. The molecule has 1 aromatic heterocycles. The van der Waals surface area contributed by atoms with E-state index in [2.05, 4.69) is 15.3 Å². The van der Waals surface area contributed by atoms with Crippen molar-refractivity contribution in [3.05, 3.63) is 82.2 Å². The van der Waals surface area contributed by atoms with Crippen LogP contribution < -0.4 is 5.32 Å². The predicted octanol–water partition coefficient (Wildman–Crippen LogP) is 3.77. The smallest absolute Gasteiger partial charge is 0.255 e. The molecule has 2 aliphatic heterocycles. The molecule has 1 atom stereocenters. The van der Waals surface area contributed by atoms with E-state index in [9.17, 15) is 18.4 Å². The minimum Gasteiger partial charge on any atom is -0.346 e. The molecule has 1 saturated heterocycles. The van der Waals surface area contributed by atoms with Gasteiger partial charge in [0.25, 0.3) is 5.91 Å². The number of piperidine rings is 1. The van der Waals surface area contributed by atoms with Crippen molar-refractivity contribution >= 4 is 11.8 Å². The van der Waals surface area contributed by atoms with Crippen LogP contribution in [-0.2, 0) is 23.2 Å². The largest absolute Gasteiger partial charge is 0.346 e. The van der Waals surface area contributed by atoms with Crippen LogP contribution in [0.3, 0.4) is 0 Å². The van der Waals surface area contributed by atoms with Crippen LogP contribution in [0.5, 0.6) is 0 Å². The second-order valence-electron chi connectivity index (χ2n) is 9.13. The van der Waals surface area contributed by atoms with E-state index in [0.717, 1.165) is 42.6 Å². The van der Waals surface area contributed by atoms with E-state index in [0.29, 0.717) is 17.0 Å². The van der Waals surface area contributed by atoms with Crippen molar-refractivity contribution in [2.75, 3.05) is 13.6 Å². The van der Waals surface area contributed by atoms with E-state index in [1.165, 1.54) is 6.07 Å². The summed E-state index contributed by atoms with van der Waals surface area (Å²) in [5.41, 5.74) is 2.10. The van der Waals surface area contributed by atoms with Crippen molar-refractivity contribution in [1.29, 1.82) is 0 Å². The number of aromatic nitrogens is 2. The van der Waals surface area contributed by atoms with Gasteiger partial charge in [-0.25, -0.2) is 18.7 Å². The summed E-state index contributed by atoms with van der Waals surface area (Å²) in [5, 5.41) is 2.71. The van der Waals surface area contributed by atoms with Gasteiger partial charge in [-0.2, -0.15) is 0 Å². The number of likely N-dealkylation sites (N-methyl/N-ethyl adjacent to an activating group) is 1. The van der Waals surface area contributed by atoms with Gasteiger partial charge in [-0.3, -0.25) is 9.59 Å². The molecule has 0 radical (unpaired) electrons. The molecule has 2 amide bonds. The number of benzene rings is 2. The van der Waals surface area contributed by atoms with Gasteiger partial charge in [-0.05, 0) is 43.0 Å². The molecule has 174 valence electrons. The van der Waals surface area contributed by atoms with Crippen LogP contribution in [0.15, 0.2) is 42.5 Å². The number of rotatable bonds is 4. The number of halogens is 2. The number of hydrogen-bond acceptors (Lipinski definition) is 4. The van der Waals surface area contributed by atoms with Crippen molar-refractivity contribution in [1.82, 2.24) is 20.2 Å². The van der Waals surface area contributed by atoms with E-state index in [4.69, 9.17) is 0 Å². The quantitative estimate of drug-likeness (QED) is 0.641. The van der Waals surface area contributed by atoms with Crippen LogP contribution in [0.1, 0.15) is 52.6 Å². The normalized spacial score (nSPS) is 19.8. The lowest BCUT2D eigenvalue weighted by molar-refractivity contribution is -0.138. The Labute approximate surface area is 196 Å². The monoisotopic (exact) mass is 462 g/mol. The summed E-state index contributed by atoms with van der Waals surface area (Å²) in [5.74, 6) is -1.80. The molecule has 1 fully saturated rings. The molecule has 2 aliphatic rings. The summed E-state index contributed by atoms with van der Waals surface area (Å²) >= 11 is 0. The average molecular weight is 463 g/mol. The maximum atomic E-state index is 14.4. The minimum atomic E-state index is -0.761. The Kier molecular flexibility index (Phi) is 5.38. The molecule has 1 N–H and O–H groups in total. The molecular formula is C26H24F2N4O2. The zero-order valence-corrected chi connectivity index (χ0v) is 19.0. The molecule has 0 bridgehead atoms. The maximum absolute atomic E-state index is 14.4. The number of amides is 2. The summed E-state index contributed by atoms with van der Waals surface area (Å²) in [6, 6.07) is 11.3. The van der Waals surface area contributed by atoms with Gasteiger partial charge >= 0.3 is 0 Å². The molecule has 0 saturated carbocycles. The van der Waals surface area contributed by atoms with Crippen molar-refractivity contribution in [3.8, 4) is 11.4 Å². The van der Waals surface area contributed by atoms with Gasteiger partial charge in [0.05, 0.1) is 34.5 Å². The van der Waals surface area contributed by atoms with Gasteiger partial charge in [0.1, 0.15) is 11.6 Å². The van der Waals surface area contributed by atoms with E-state index >= 15 is 0 Å². The zero-order chi connectivity index (χ0) is 24.0. The molecule has 34 heavy (non-hydrogen) atoms. The highest BCUT2D eigenvalue weighted by atomic mass is 19.1. The van der Waals surface area contributed by atoms with Crippen molar-refractivity contribution in [3.63, 3.8) is 0 Å². The van der Waals surface area contributed by atoms with E-state index in [-0.39, 0.29) is 36.2 Å². The first-order valence-corrected chi connectivity index (χ1v) is 11.3. The summed E-state index contributed by atoms with van der Waals surface area (Å²) in [4.78, 5) is 35.7. The number of carbonyl (C=O) groups is 2. The van der Waals surface area contributed by atoms with Gasteiger partial charge in [0, 0.05) is 20.0 Å². The number of hydrogen-bond donors (Lipinski definition) is 1. The van der Waals surface area contributed by atoms with Gasteiger partial charge in [0.2, 0.25) is 5.91 Å². The van der Waals surface area contributed by atoms with Crippen LogP contribution in [0.2, 0.25) is 0 Å². The highest BCUT2D eigenvalue weighted by molar-refractivity contribution is 5.99. The Morgan fingerprint density at radius 3 is 2.44 bits per heavy atom. The fraction of sp³-hybridized carbons (Fsp3) is 0.308. The van der Waals surface area contributed by atoms with Gasteiger partial charge in [0.15, 0.2) is 5.82 Å². The molecule has 2 aromatic carbocycles. The summed E-state index contributed by atoms with van der Waals surface area (Å²) in [6.07, 6.45) is 2.01. The SMILES string of the molecule is CN1CCC[C@@](C)(c2ccc(Cc3nc(-c4c(F)cccc4F)nc4c3C(=O)NC4)cc2)C1=O. The molecular weight excluding hydrogens is 438 g/mol. The number of carbonyl (C=O) groups excluding carboxylic acids is 2. The molecule has 0 aliphatic carbocycles. The Bertz CT molecular complexity index is 1290. The number of nitrogens with zero attached hydrogens (tertiary/aromatic N) is 3. The Hall–Kier alpha value is -3.68. The van der Waals surface area contributed by atoms with Crippen molar-refractivity contribution in [2.24, 2.45) is 0 Å². The maximum Gasteiger partial charge on any atom is 0.255 e. The van der Waals surface area contributed by atoms with Crippen LogP contribution >= 0.6 is 0 Å². The number of likely N-dealkylation sites (tertiary alicyclic amines) is 1. The predicted molar refractivity (Wildman–Crippen MR) is 122 cm³/mol. The molecule has 8 heteroatoms. The molecule has 0 spiro atoms. The second-order valence-corrected chi connectivity index (χ2v) is 9.13. The Morgan fingerprint density at radius 2 is 1.74 bits per heavy atom. The van der Waals surface area contributed by atoms with Crippen LogP contribution in [0.4, 0.5) is 8.78 Å². The topological polar surface area (TPSA) is 75.2 Å².